The van der Waals surface area contributed by atoms with Gasteiger partial charge in [0.1, 0.15) is 5.75 Å². The van der Waals surface area contributed by atoms with E-state index in [-0.39, 0.29) is 11.7 Å². The highest BCUT2D eigenvalue weighted by molar-refractivity contribution is 5.33. The molecule has 0 fully saturated rings. The van der Waals surface area contributed by atoms with Crippen LogP contribution in [0.15, 0.2) is 48.7 Å². The van der Waals surface area contributed by atoms with Crippen molar-refractivity contribution in [3.05, 3.63) is 59.9 Å². The van der Waals surface area contributed by atoms with E-state index < -0.39 is 5.60 Å². The molecule has 2 N–H and O–H groups in total. The second-order valence-electron chi connectivity index (χ2n) is 5.04. The van der Waals surface area contributed by atoms with Crippen molar-refractivity contribution in [2.24, 2.45) is 0 Å². The predicted octanol–water partition coefficient (Wildman–Crippen LogP) is 3.58. The molecule has 1 aromatic carbocycles. The molecule has 0 saturated carbocycles. The summed E-state index contributed by atoms with van der Waals surface area (Å²) in [5.41, 5.74) is 0.735. The fraction of sp³-hybridized carbons (Fsp3) is 0.353. The molecule has 3 nitrogen and oxygen atoms in total. The van der Waals surface area contributed by atoms with Gasteiger partial charge in [-0.05, 0) is 42.7 Å². The van der Waals surface area contributed by atoms with E-state index in [1.807, 2.05) is 25.1 Å². The van der Waals surface area contributed by atoms with Crippen molar-refractivity contribution in [2.75, 3.05) is 0 Å². The third-order valence-corrected chi connectivity index (χ3v) is 3.94. The zero-order valence-electron chi connectivity index (χ0n) is 12.0. The molecule has 2 rings (SSSR count). The summed E-state index contributed by atoms with van der Waals surface area (Å²) >= 11 is 0. The Balaban J connectivity index is 2.45. The Morgan fingerprint density at radius 1 is 1.10 bits per heavy atom. The number of aliphatic hydroxyl groups is 1. The lowest BCUT2D eigenvalue weighted by Gasteiger charge is -2.35. The minimum Gasteiger partial charge on any atom is -0.508 e. The van der Waals surface area contributed by atoms with E-state index in [0.29, 0.717) is 6.42 Å². The summed E-state index contributed by atoms with van der Waals surface area (Å²) in [5, 5.41) is 20.6. The van der Waals surface area contributed by atoms with Crippen LogP contribution in [0.5, 0.6) is 5.75 Å². The maximum absolute atomic E-state index is 11.2. The number of phenols is 1. The number of pyridine rings is 1. The zero-order chi connectivity index (χ0) is 14.6. The Morgan fingerprint density at radius 2 is 1.80 bits per heavy atom. The molecule has 20 heavy (non-hydrogen) atoms. The average molecular weight is 271 g/mol. The number of nitrogens with zero attached hydrogens (tertiary/aromatic N) is 1. The van der Waals surface area contributed by atoms with Crippen LogP contribution in [0, 0.1) is 0 Å². The molecule has 3 heteroatoms. The molecule has 0 amide bonds. The molecule has 0 spiro atoms. The summed E-state index contributed by atoms with van der Waals surface area (Å²) in [5.74, 6) is 0.135. The van der Waals surface area contributed by atoms with Crippen molar-refractivity contribution >= 4 is 0 Å². The maximum Gasteiger partial charge on any atom is 0.115 e. The Morgan fingerprint density at radius 3 is 2.30 bits per heavy atom. The number of aromatic hydroxyl groups is 1. The van der Waals surface area contributed by atoms with Gasteiger partial charge in [0.2, 0.25) is 0 Å². The van der Waals surface area contributed by atoms with Gasteiger partial charge in [-0.2, -0.15) is 0 Å². The molecule has 0 saturated heterocycles. The lowest BCUT2D eigenvalue weighted by molar-refractivity contribution is 0.000165. The van der Waals surface area contributed by atoms with E-state index in [9.17, 15) is 10.2 Å². The van der Waals surface area contributed by atoms with Gasteiger partial charge < -0.3 is 10.2 Å². The molecule has 2 aromatic rings. The van der Waals surface area contributed by atoms with Gasteiger partial charge in [0.15, 0.2) is 0 Å². The smallest absolute Gasteiger partial charge is 0.115 e. The van der Waals surface area contributed by atoms with Crippen molar-refractivity contribution < 1.29 is 10.2 Å². The standard InChI is InChI=1S/C17H21NO2/c1-3-15(16-7-5-6-12-18-16)17(20,4-2)13-8-10-14(19)11-9-13/h5-12,15,19-20H,3-4H2,1-2H3/t15-,17+/m0/s1. The Kier molecular flexibility index (Phi) is 4.40. The number of benzene rings is 1. The lowest BCUT2D eigenvalue weighted by atomic mass is 9.76. The first-order chi connectivity index (χ1) is 9.61. The van der Waals surface area contributed by atoms with Crippen LogP contribution < -0.4 is 0 Å². The SMILES string of the molecule is CC[C@@H](c1ccccn1)[C@@](O)(CC)c1ccc(O)cc1. The summed E-state index contributed by atoms with van der Waals surface area (Å²) in [6.07, 6.45) is 3.14. The van der Waals surface area contributed by atoms with Crippen LogP contribution in [0.4, 0.5) is 0 Å². The van der Waals surface area contributed by atoms with Gasteiger partial charge in [0.25, 0.3) is 0 Å². The fourth-order valence-corrected chi connectivity index (χ4v) is 2.78. The molecule has 106 valence electrons. The summed E-state index contributed by atoms with van der Waals surface area (Å²) < 4.78 is 0. The summed E-state index contributed by atoms with van der Waals surface area (Å²) in [6, 6.07) is 12.6. The first-order valence-corrected chi connectivity index (χ1v) is 7.04. The summed E-state index contributed by atoms with van der Waals surface area (Å²) in [6.45, 7) is 4.03. The molecule has 1 heterocycles. The fourth-order valence-electron chi connectivity index (χ4n) is 2.78. The Bertz CT molecular complexity index is 539. The van der Waals surface area contributed by atoms with E-state index in [2.05, 4.69) is 11.9 Å². The molecule has 2 atom stereocenters. The maximum atomic E-state index is 11.2. The van der Waals surface area contributed by atoms with Crippen LogP contribution >= 0.6 is 0 Å². The third-order valence-electron chi connectivity index (χ3n) is 3.94. The molecule has 0 aliphatic carbocycles. The summed E-state index contributed by atoms with van der Waals surface area (Å²) in [4.78, 5) is 4.40. The second-order valence-corrected chi connectivity index (χ2v) is 5.04. The van der Waals surface area contributed by atoms with Crippen LogP contribution in [0.25, 0.3) is 0 Å². The number of hydrogen-bond donors (Lipinski definition) is 2. The van der Waals surface area contributed by atoms with Crippen molar-refractivity contribution in [1.29, 1.82) is 0 Å². The van der Waals surface area contributed by atoms with Crippen molar-refractivity contribution in [3.63, 3.8) is 0 Å². The quantitative estimate of drug-likeness (QED) is 0.874. The topological polar surface area (TPSA) is 53.4 Å². The highest BCUT2D eigenvalue weighted by Gasteiger charge is 2.37. The number of rotatable bonds is 5. The van der Waals surface area contributed by atoms with Gasteiger partial charge >= 0.3 is 0 Å². The Labute approximate surface area is 119 Å². The van der Waals surface area contributed by atoms with Crippen LogP contribution in [0.3, 0.4) is 0 Å². The molecule has 0 radical (unpaired) electrons. The van der Waals surface area contributed by atoms with Gasteiger partial charge in [-0.25, -0.2) is 0 Å². The molecule has 0 aliphatic heterocycles. The van der Waals surface area contributed by atoms with Crippen molar-refractivity contribution in [3.8, 4) is 5.75 Å². The van der Waals surface area contributed by atoms with Gasteiger partial charge in [-0.1, -0.05) is 32.0 Å². The molecular formula is C17H21NO2. The molecular weight excluding hydrogens is 250 g/mol. The lowest BCUT2D eigenvalue weighted by Crippen LogP contribution is -2.33. The van der Waals surface area contributed by atoms with E-state index in [0.717, 1.165) is 17.7 Å². The highest BCUT2D eigenvalue weighted by atomic mass is 16.3. The molecule has 0 bridgehead atoms. The van der Waals surface area contributed by atoms with E-state index in [1.54, 1.807) is 30.5 Å². The number of hydrogen-bond acceptors (Lipinski definition) is 3. The highest BCUT2D eigenvalue weighted by Crippen LogP contribution is 2.41. The first kappa shape index (κ1) is 14.5. The molecule has 0 aliphatic rings. The summed E-state index contributed by atoms with van der Waals surface area (Å²) in [7, 11) is 0. The average Bonchev–Trinajstić information content (AvgIpc) is 2.49. The van der Waals surface area contributed by atoms with Gasteiger partial charge in [0, 0.05) is 17.8 Å². The monoisotopic (exact) mass is 271 g/mol. The van der Waals surface area contributed by atoms with E-state index in [1.165, 1.54) is 0 Å². The minimum atomic E-state index is -0.975. The Hall–Kier alpha value is -1.87. The third kappa shape index (κ3) is 2.68. The van der Waals surface area contributed by atoms with Crippen LogP contribution in [-0.4, -0.2) is 15.2 Å². The van der Waals surface area contributed by atoms with E-state index in [4.69, 9.17) is 0 Å². The van der Waals surface area contributed by atoms with Crippen LogP contribution in [0.1, 0.15) is 43.9 Å². The predicted molar refractivity (Wildman–Crippen MR) is 79.6 cm³/mol. The minimum absolute atomic E-state index is 0.0711. The molecule has 1 aromatic heterocycles. The van der Waals surface area contributed by atoms with Gasteiger partial charge in [-0.3, -0.25) is 4.98 Å². The van der Waals surface area contributed by atoms with Crippen LogP contribution in [-0.2, 0) is 5.60 Å². The normalized spacial score (nSPS) is 15.6. The van der Waals surface area contributed by atoms with Crippen LogP contribution in [0.2, 0.25) is 0 Å². The van der Waals surface area contributed by atoms with Crippen molar-refractivity contribution in [2.45, 2.75) is 38.2 Å². The molecule has 0 unspecified atom stereocenters. The van der Waals surface area contributed by atoms with Crippen molar-refractivity contribution in [1.82, 2.24) is 4.98 Å². The van der Waals surface area contributed by atoms with Gasteiger partial charge in [0.05, 0.1) is 5.60 Å². The number of phenolic OH excluding ortho intramolecular Hbond substituents is 1. The van der Waals surface area contributed by atoms with E-state index >= 15 is 0 Å². The van der Waals surface area contributed by atoms with Gasteiger partial charge in [-0.15, -0.1) is 0 Å². The first-order valence-electron chi connectivity index (χ1n) is 7.04. The number of aromatic nitrogens is 1. The largest absolute Gasteiger partial charge is 0.508 e. The zero-order valence-corrected chi connectivity index (χ0v) is 12.0. The second kappa shape index (κ2) is 6.06.